The first-order chi connectivity index (χ1) is 15.2. The predicted molar refractivity (Wildman–Crippen MR) is 118 cm³/mol. The van der Waals surface area contributed by atoms with E-state index in [2.05, 4.69) is 34.3 Å². The molecular formula is C25H25N3O3. The number of nitrogens with zero attached hydrogens (tertiary/aromatic N) is 3. The third-order valence-corrected chi connectivity index (χ3v) is 4.87. The van der Waals surface area contributed by atoms with Crippen molar-refractivity contribution in [2.45, 2.75) is 26.2 Å². The molecule has 0 saturated carbocycles. The van der Waals surface area contributed by atoms with E-state index in [9.17, 15) is 4.79 Å². The highest BCUT2D eigenvalue weighted by atomic mass is 16.5. The summed E-state index contributed by atoms with van der Waals surface area (Å²) in [4.78, 5) is 13.9. The molecule has 1 aliphatic heterocycles. The molecule has 2 aromatic carbocycles. The van der Waals surface area contributed by atoms with Gasteiger partial charge < -0.3 is 14.4 Å². The molecule has 0 aliphatic carbocycles. The molecule has 0 radical (unpaired) electrons. The number of hydrogen-bond acceptors (Lipinski definition) is 5. The Hall–Kier alpha value is -3.80. The molecule has 2 heterocycles. The van der Waals surface area contributed by atoms with Crippen LogP contribution in [0.2, 0.25) is 0 Å². The first-order valence-corrected chi connectivity index (χ1v) is 10.3. The van der Waals surface area contributed by atoms with E-state index in [0.717, 1.165) is 17.9 Å². The normalized spacial score (nSPS) is 15.1. The maximum atomic E-state index is 11.8. The summed E-state index contributed by atoms with van der Waals surface area (Å²) in [5, 5.41) is 4.25. The number of esters is 1. The second kappa shape index (κ2) is 9.80. The summed E-state index contributed by atoms with van der Waals surface area (Å²) in [6, 6.07) is 18.2. The summed E-state index contributed by atoms with van der Waals surface area (Å²) in [6.07, 6.45) is 11.2. The van der Waals surface area contributed by atoms with Crippen molar-refractivity contribution in [3.8, 4) is 5.75 Å². The number of aromatic nitrogens is 2. The fraction of sp³-hybridized carbons (Fsp3) is 0.200. The Morgan fingerprint density at radius 2 is 1.74 bits per heavy atom. The molecule has 0 bridgehead atoms. The predicted octanol–water partition coefficient (Wildman–Crippen LogP) is 4.40. The zero-order valence-corrected chi connectivity index (χ0v) is 17.4. The highest BCUT2D eigenvalue weighted by Crippen LogP contribution is 2.19. The van der Waals surface area contributed by atoms with Crippen LogP contribution in [0.4, 0.5) is 0 Å². The van der Waals surface area contributed by atoms with Crippen LogP contribution in [0.1, 0.15) is 28.4 Å². The maximum absolute atomic E-state index is 11.8. The van der Waals surface area contributed by atoms with E-state index in [1.54, 1.807) is 17.8 Å². The fourth-order valence-corrected chi connectivity index (χ4v) is 3.32. The van der Waals surface area contributed by atoms with Gasteiger partial charge in [-0.25, -0.2) is 4.79 Å². The average Bonchev–Trinajstić information content (AvgIpc) is 3.26. The molecule has 1 unspecified atom stereocenters. The van der Waals surface area contributed by atoms with Gasteiger partial charge in [0.1, 0.15) is 5.75 Å². The summed E-state index contributed by atoms with van der Waals surface area (Å²) in [6.45, 7) is 3.46. The summed E-state index contributed by atoms with van der Waals surface area (Å²) >= 11 is 0. The number of carbonyl (C=O) groups is 1. The summed E-state index contributed by atoms with van der Waals surface area (Å²) in [5.41, 5.74) is 2.75. The molecule has 0 saturated heterocycles. The first kappa shape index (κ1) is 20.5. The van der Waals surface area contributed by atoms with Crippen LogP contribution < -0.4 is 4.74 Å². The first-order valence-electron chi connectivity index (χ1n) is 10.3. The topological polar surface area (TPSA) is 56.6 Å². The molecule has 0 fully saturated rings. The lowest BCUT2D eigenvalue weighted by molar-refractivity contribution is 0.0526. The van der Waals surface area contributed by atoms with E-state index in [4.69, 9.17) is 9.47 Å². The molecule has 0 N–H and O–H groups in total. The Balaban J connectivity index is 1.37. The van der Waals surface area contributed by atoms with Gasteiger partial charge in [-0.3, -0.25) is 4.68 Å². The Morgan fingerprint density at radius 1 is 1.00 bits per heavy atom. The number of hydrogen-bond donors (Lipinski definition) is 0. The zero-order valence-electron chi connectivity index (χ0n) is 17.4. The molecule has 0 spiro atoms. The third kappa shape index (κ3) is 5.42. The smallest absolute Gasteiger partial charge is 0.341 e. The van der Waals surface area contributed by atoms with Crippen LogP contribution in [0.5, 0.6) is 5.75 Å². The van der Waals surface area contributed by atoms with E-state index in [-0.39, 0.29) is 12.2 Å². The largest absolute Gasteiger partial charge is 0.467 e. The molecule has 4 rings (SSSR count). The van der Waals surface area contributed by atoms with Gasteiger partial charge in [0.2, 0.25) is 0 Å². The molecule has 0 amide bonds. The minimum absolute atomic E-state index is 0.155. The lowest BCUT2D eigenvalue weighted by Crippen LogP contribution is -2.34. The number of allylic oxidation sites excluding steroid dienone is 2. The molecule has 158 valence electrons. The molecule has 1 aromatic heterocycles. The van der Waals surface area contributed by atoms with E-state index in [0.29, 0.717) is 18.7 Å². The molecule has 1 aliphatic rings. The van der Waals surface area contributed by atoms with Crippen molar-refractivity contribution in [3.05, 3.63) is 108 Å². The molecule has 6 nitrogen and oxygen atoms in total. The fourth-order valence-electron chi connectivity index (χ4n) is 3.32. The Kier molecular flexibility index (Phi) is 6.47. The number of carbonyl (C=O) groups excluding carboxylic acids is 1. The van der Waals surface area contributed by atoms with E-state index >= 15 is 0 Å². The third-order valence-electron chi connectivity index (χ3n) is 4.87. The van der Waals surface area contributed by atoms with E-state index in [1.807, 2.05) is 54.8 Å². The second-order valence-electron chi connectivity index (χ2n) is 7.18. The monoisotopic (exact) mass is 415 g/mol. The van der Waals surface area contributed by atoms with Crippen molar-refractivity contribution < 1.29 is 14.3 Å². The second-order valence-corrected chi connectivity index (χ2v) is 7.18. The highest BCUT2D eigenvalue weighted by Gasteiger charge is 2.16. The van der Waals surface area contributed by atoms with Gasteiger partial charge in [-0.2, -0.15) is 5.10 Å². The van der Waals surface area contributed by atoms with Crippen LogP contribution >= 0.6 is 0 Å². The van der Waals surface area contributed by atoms with Crippen LogP contribution in [0, 0.1) is 0 Å². The lowest BCUT2D eigenvalue weighted by atomic mass is 10.1. The maximum Gasteiger partial charge on any atom is 0.341 e. The van der Waals surface area contributed by atoms with E-state index < -0.39 is 0 Å². The summed E-state index contributed by atoms with van der Waals surface area (Å²) < 4.78 is 12.9. The standard InChI is InChI=1S/C25H25N3O3/c1-2-30-25(29)22-16-26-28(19-22)18-21-13-11-20(12-14-21)17-27-15-7-6-10-24(27)31-23-8-4-3-5-9-23/h3-16,19,24H,2,17-18H2,1H3. The molecule has 31 heavy (non-hydrogen) atoms. The van der Waals surface area contributed by atoms with Crippen LogP contribution in [-0.4, -0.2) is 33.5 Å². The summed E-state index contributed by atoms with van der Waals surface area (Å²) in [5.74, 6) is 0.495. The van der Waals surface area contributed by atoms with Crippen molar-refractivity contribution >= 4 is 5.97 Å². The van der Waals surface area contributed by atoms with Crippen LogP contribution in [-0.2, 0) is 17.8 Å². The van der Waals surface area contributed by atoms with Crippen LogP contribution in [0.3, 0.4) is 0 Å². The minimum Gasteiger partial charge on any atom is -0.467 e. The lowest BCUT2D eigenvalue weighted by Gasteiger charge is -2.30. The van der Waals surface area contributed by atoms with Crippen molar-refractivity contribution in [1.29, 1.82) is 0 Å². The van der Waals surface area contributed by atoms with Gasteiger partial charge in [-0.1, -0.05) is 48.5 Å². The van der Waals surface area contributed by atoms with Gasteiger partial charge in [0.25, 0.3) is 0 Å². The van der Waals surface area contributed by atoms with Crippen molar-refractivity contribution in [2.24, 2.45) is 0 Å². The summed E-state index contributed by atoms with van der Waals surface area (Å²) in [7, 11) is 0. The van der Waals surface area contributed by atoms with Crippen molar-refractivity contribution in [3.63, 3.8) is 0 Å². The molecule has 1 atom stereocenters. The number of rotatable bonds is 8. The average molecular weight is 415 g/mol. The van der Waals surface area contributed by atoms with Gasteiger partial charge >= 0.3 is 5.97 Å². The zero-order chi connectivity index (χ0) is 21.5. The number of para-hydroxylation sites is 1. The van der Waals surface area contributed by atoms with Gasteiger partial charge in [-0.15, -0.1) is 0 Å². The quantitative estimate of drug-likeness (QED) is 0.511. The van der Waals surface area contributed by atoms with Crippen molar-refractivity contribution in [2.75, 3.05) is 6.61 Å². The minimum atomic E-state index is -0.347. The van der Waals surface area contributed by atoms with Gasteiger partial charge in [-0.05, 0) is 42.3 Å². The Bertz CT molecular complexity index is 1060. The Morgan fingerprint density at radius 3 is 2.48 bits per heavy atom. The molecular weight excluding hydrogens is 390 g/mol. The highest BCUT2D eigenvalue weighted by molar-refractivity contribution is 5.88. The number of benzene rings is 2. The van der Waals surface area contributed by atoms with Crippen molar-refractivity contribution in [1.82, 2.24) is 14.7 Å². The molecule has 6 heteroatoms. The van der Waals surface area contributed by atoms with Crippen LogP contribution in [0.15, 0.2) is 91.4 Å². The molecule has 3 aromatic rings. The Labute approximate surface area is 182 Å². The number of ether oxygens (including phenoxy) is 2. The van der Waals surface area contributed by atoms with Gasteiger partial charge in [0, 0.05) is 18.9 Å². The van der Waals surface area contributed by atoms with E-state index in [1.165, 1.54) is 11.8 Å². The van der Waals surface area contributed by atoms with Gasteiger partial charge in [0.15, 0.2) is 6.23 Å². The van der Waals surface area contributed by atoms with Crippen LogP contribution in [0.25, 0.3) is 0 Å². The van der Waals surface area contributed by atoms with Gasteiger partial charge in [0.05, 0.1) is 24.9 Å². The SMILES string of the molecule is CCOC(=O)c1cnn(Cc2ccc(CN3C=CC=CC3Oc3ccccc3)cc2)c1.